The number of halogens is 25. The van der Waals surface area contributed by atoms with E-state index in [1.165, 1.54) is 83.8 Å². The van der Waals surface area contributed by atoms with Crippen LogP contribution in [-0.2, 0) is 36.8 Å². The van der Waals surface area contributed by atoms with Crippen molar-refractivity contribution in [2.45, 2.75) is 153 Å². The van der Waals surface area contributed by atoms with Crippen LogP contribution >= 0.6 is 81.2 Å². The van der Waals surface area contributed by atoms with Gasteiger partial charge in [0.15, 0.2) is 10.5 Å². The van der Waals surface area contributed by atoms with Gasteiger partial charge in [-0.05, 0) is 179 Å². The highest BCUT2D eigenvalue weighted by atomic mass is 35.5. The number of aliphatic hydroxyl groups is 2. The van der Waals surface area contributed by atoms with Crippen molar-refractivity contribution in [3.05, 3.63) is 173 Å². The SMILES string of the molecule is Nc1ccc(Cl)cc1C(=O)C(F)(F)F.Nc1ccc(Cl)cc1C(O)(CNC1CC1)C(F)(F)F.Nc1ccc(Cl)cc1C1(C(F)(F)F)CO1.O=C1Nc2ccc(Cl)cc2C(Cl)(C(F)(F)F)CN1C1CC1.O=C1Nc2ccc(Cl)cc2C(O)(C(F)(F)F)CN1C1CC1.O=C1Nc2ccc(Cl)cc2C(OCC2CC2)(C(F)(F)F)CN1C1CC1. The van der Waals surface area contributed by atoms with Gasteiger partial charge >= 0.3 is 55.2 Å². The highest BCUT2D eigenvalue weighted by molar-refractivity contribution is 6.33. The number of nitrogen functional groups attached to an aromatic ring is 3. The molecule has 6 aromatic rings. The Morgan fingerprint density at radius 1 is 0.496 bits per heavy atom. The number of amides is 6. The highest BCUT2D eigenvalue weighted by Crippen LogP contribution is 2.56. The van der Waals surface area contributed by atoms with E-state index in [1.807, 2.05) is 0 Å². The number of hydrogen-bond acceptors (Lipinski definition) is 12. The molecule has 18 nitrogen and oxygen atoms in total. The lowest BCUT2D eigenvalue weighted by atomic mass is 9.90. The van der Waals surface area contributed by atoms with E-state index in [1.54, 1.807) is 0 Å². The number of β-amino-alcohol motifs (C(OH)–C–C–N with tert-alkyl or cyclic N) is 1. The Bertz CT molecular complexity index is 4520. The predicted octanol–water partition coefficient (Wildman–Crippen LogP) is 19.8. The quantitative estimate of drug-likeness (QED) is 0.0182. The van der Waals surface area contributed by atoms with Crippen LogP contribution in [0.2, 0.25) is 30.1 Å². The second kappa shape index (κ2) is 33.5. The van der Waals surface area contributed by atoms with Crippen LogP contribution in [0.15, 0.2) is 109 Å². The van der Waals surface area contributed by atoms with Crippen LogP contribution in [0, 0.1) is 5.92 Å². The first-order valence-electron chi connectivity index (χ1n) is 34.6. The number of epoxide rings is 1. The van der Waals surface area contributed by atoms with Crippen molar-refractivity contribution in [1.82, 2.24) is 20.0 Å². The molecular formula is C72H67Cl7F18N10O8. The van der Waals surface area contributed by atoms with Gasteiger partial charge in [-0.2, -0.15) is 79.0 Å². The maximum atomic E-state index is 14.3. The van der Waals surface area contributed by atoms with Crippen LogP contribution in [0.4, 0.5) is 128 Å². The molecule has 15 rings (SSSR count). The summed E-state index contributed by atoms with van der Waals surface area (Å²) in [6.45, 7) is -3.01. The summed E-state index contributed by atoms with van der Waals surface area (Å²) in [5, 5.41) is 31.3. The molecule has 628 valence electrons. The van der Waals surface area contributed by atoms with E-state index in [9.17, 15) is 108 Å². The number of urea groups is 3. The van der Waals surface area contributed by atoms with Crippen molar-refractivity contribution >= 4 is 139 Å². The Balaban J connectivity index is 0.000000147. The van der Waals surface area contributed by atoms with E-state index in [0.29, 0.717) is 38.5 Å². The fourth-order valence-electron chi connectivity index (χ4n) is 12.3. The van der Waals surface area contributed by atoms with Gasteiger partial charge in [-0.3, -0.25) is 4.79 Å². The maximum absolute atomic E-state index is 14.3. The second-order valence-corrected chi connectivity index (χ2v) is 31.6. The number of fused-ring (bicyclic) bond motifs is 3. The number of Topliss-reactive ketones (excluding diaryl/α,β-unsaturated/α-hetero) is 1. The lowest BCUT2D eigenvalue weighted by molar-refractivity contribution is -0.288. The van der Waals surface area contributed by atoms with E-state index in [2.05, 4.69) is 26.0 Å². The number of rotatable bonds is 12. The predicted molar refractivity (Wildman–Crippen MR) is 393 cm³/mol. The molecule has 4 heterocycles. The van der Waals surface area contributed by atoms with Crippen molar-refractivity contribution in [3.8, 4) is 0 Å². The van der Waals surface area contributed by atoms with Gasteiger partial charge in [0, 0.05) is 123 Å². The lowest BCUT2D eigenvalue weighted by Gasteiger charge is -2.38. The van der Waals surface area contributed by atoms with Crippen LogP contribution < -0.4 is 38.5 Å². The molecule has 4 aliphatic heterocycles. The average Bonchev–Trinajstić information content (AvgIpc) is 1.58. The van der Waals surface area contributed by atoms with Crippen molar-refractivity contribution in [1.29, 1.82) is 0 Å². The minimum Gasteiger partial charge on any atom is -0.398 e. The summed E-state index contributed by atoms with van der Waals surface area (Å²) in [5.41, 5.74) is 3.04. The summed E-state index contributed by atoms with van der Waals surface area (Å²) in [4.78, 5) is 48.2. The van der Waals surface area contributed by atoms with Gasteiger partial charge in [-0.1, -0.05) is 69.6 Å². The van der Waals surface area contributed by atoms with E-state index < -0.39 is 138 Å². The monoisotopic (exact) mass is 1790 g/mol. The normalized spacial score (nSPS) is 23.3. The van der Waals surface area contributed by atoms with Crippen LogP contribution in [0.25, 0.3) is 0 Å². The third kappa shape index (κ3) is 20.6. The molecule has 115 heavy (non-hydrogen) atoms. The minimum absolute atomic E-state index is 0.0260. The van der Waals surface area contributed by atoms with Crippen LogP contribution in [0.3, 0.4) is 0 Å². The second-order valence-electron chi connectivity index (χ2n) is 28.3. The first kappa shape index (κ1) is 90.1. The lowest BCUT2D eigenvalue weighted by Crippen LogP contribution is -2.54. The van der Waals surface area contributed by atoms with Gasteiger partial charge in [-0.25, -0.2) is 14.4 Å². The van der Waals surface area contributed by atoms with Gasteiger partial charge in [0.05, 0.1) is 38.4 Å². The Morgan fingerprint density at radius 3 is 1.31 bits per heavy atom. The van der Waals surface area contributed by atoms with Crippen LogP contribution in [-0.4, -0.2) is 149 Å². The average molecular weight is 1790 g/mol. The number of nitrogens with zero attached hydrogens (tertiary/aromatic N) is 3. The number of alkyl halides is 19. The molecule has 6 amide bonds. The van der Waals surface area contributed by atoms with Crippen molar-refractivity contribution < 1.29 is 118 Å². The zero-order valence-corrected chi connectivity index (χ0v) is 64.3. The number of hydrogen-bond donors (Lipinski definition) is 9. The number of nitrogens with two attached hydrogens (primary N) is 3. The van der Waals surface area contributed by atoms with Gasteiger partial charge in [0.25, 0.3) is 5.78 Å². The fourth-order valence-corrected chi connectivity index (χ4v) is 13.6. The van der Waals surface area contributed by atoms with E-state index in [-0.39, 0.29) is 118 Å². The van der Waals surface area contributed by atoms with E-state index >= 15 is 0 Å². The molecule has 6 fully saturated rings. The Hall–Kier alpha value is -7.23. The number of anilines is 6. The summed E-state index contributed by atoms with van der Waals surface area (Å²) in [7, 11) is 0. The molecule has 43 heteroatoms. The molecular weight excluding hydrogens is 1720 g/mol. The van der Waals surface area contributed by atoms with E-state index in [4.69, 9.17) is 103 Å². The molecule has 12 N–H and O–H groups in total. The third-order valence-electron chi connectivity index (χ3n) is 19.6. The summed E-state index contributed by atoms with van der Waals surface area (Å²) in [6.07, 6.45) is -21.1. The molecule has 0 aromatic heterocycles. The molecule has 5 unspecified atom stereocenters. The number of ketones is 1. The first-order chi connectivity index (χ1) is 53.2. The Kier molecular flexibility index (Phi) is 26.3. The number of nitrogens with one attached hydrogen (secondary N) is 4. The molecule has 0 radical (unpaired) electrons. The van der Waals surface area contributed by atoms with Crippen molar-refractivity contribution in [2.75, 3.05) is 72.5 Å². The minimum atomic E-state index is -4.93. The highest BCUT2D eigenvalue weighted by Gasteiger charge is 2.68. The fraction of sp³-hybridized carbons (Fsp3) is 0.444. The van der Waals surface area contributed by atoms with Gasteiger partial charge in [-0.15, -0.1) is 11.6 Å². The van der Waals surface area contributed by atoms with Crippen LogP contribution in [0.5, 0.6) is 0 Å². The Labute approximate surface area is 677 Å². The van der Waals surface area contributed by atoms with E-state index in [0.717, 1.165) is 65.8 Å². The molecule has 6 aromatic carbocycles. The number of carbonyl (C=O) groups excluding carboxylic acids is 4. The smallest absolute Gasteiger partial charge is 0.398 e. The number of carbonyl (C=O) groups is 4. The molecule has 5 saturated carbocycles. The third-order valence-corrected chi connectivity index (χ3v) is 21.5. The van der Waals surface area contributed by atoms with Crippen molar-refractivity contribution in [2.24, 2.45) is 5.92 Å². The van der Waals surface area contributed by atoms with Crippen LogP contribution in [0.1, 0.15) is 102 Å². The zero-order chi connectivity index (χ0) is 85.1. The molecule has 5 aliphatic carbocycles. The molecule has 0 spiro atoms. The zero-order valence-electron chi connectivity index (χ0n) is 59.0. The first-order valence-corrected chi connectivity index (χ1v) is 37.2. The molecule has 9 aliphatic rings. The summed E-state index contributed by atoms with van der Waals surface area (Å²) < 4.78 is 248. The molecule has 0 bridgehead atoms. The standard InChI is InChI=1S/C17H18ClF3N2O2.C13H11Cl2F3N2O.C13H12ClF3N2O2.C12H14ClF3N2O.C9H7ClF3NO.C8H5ClF3NO/c18-11-3-6-14-13(7-11)16(17(19,20)21,25-8-10-1-2-10)9-23(12-4-5-12)15(24)22-14;14-7-1-4-10-9(5-7)12(15,13(16,17)18)6-20(8-2-3-8)11(21)19-10;14-7-1-4-10-9(5-7)12(21,13(15,16)17)6-19(8-2-3-8)11(20)18-10;13-7-1-4-10(17)9(5-7)11(19,12(14,15)16)6-18-8-2-3-8;10-5-1-2-7(14)6(3-5)8(4-15-8)9(11,12)13;9-4-1-2-6(13)5(3-4)7(14)8(10,11)12/h3,6-7,10,12H,1-2,4-5,8-9H2,(H,22,24);1,4-5,8H,2-3,6H2,(H,19,21);1,4-5,8,21H,2-3,6H2,(H,18,20);1,4-5,8,18-19H,2-3,6,17H2;1-3H,4,14H2;1-3H,13H2. The van der Waals surface area contributed by atoms with Crippen molar-refractivity contribution in [3.63, 3.8) is 0 Å². The van der Waals surface area contributed by atoms with Gasteiger partial charge in [0.1, 0.15) is 0 Å². The number of benzene rings is 6. The Morgan fingerprint density at radius 2 is 0.896 bits per heavy atom. The summed E-state index contributed by atoms with van der Waals surface area (Å²) in [5.74, 6) is -1.83. The van der Waals surface area contributed by atoms with Gasteiger partial charge in [0.2, 0.25) is 16.8 Å². The number of ether oxygens (including phenoxy) is 2. The largest absolute Gasteiger partial charge is 0.454 e. The maximum Gasteiger partial charge on any atom is 0.454 e. The molecule has 1 saturated heterocycles. The topological polar surface area (TPSA) is 266 Å². The summed E-state index contributed by atoms with van der Waals surface area (Å²) in [6, 6.07) is 20.4. The molecule has 5 atom stereocenters. The summed E-state index contributed by atoms with van der Waals surface area (Å²) >= 11 is 40.3. The van der Waals surface area contributed by atoms with Gasteiger partial charge < -0.3 is 72.9 Å².